The molecule has 0 aliphatic carbocycles. The van der Waals surface area contributed by atoms with Gasteiger partial charge in [-0.3, -0.25) is 0 Å². The third-order valence-corrected chi connectivity index (χ3v) is 6.52. The molecule has 11 heteroatoms. The van der Waals surface area contributed by atoms with Crippen LogP contribution in [0.4, 0.5) is 26.3 Å². The van der Waals surface area contributed by atoms with Crippen molar-refractivity contribution in [2.75, 3.05) is 13.1 Å². The summed E-state index contributed by atoms with van der Waals surface area (Å²) in [6.07, 6.45) is -9.99. The third kappa shape index (κ3) is 7.55. The molecular formula is C24H22F6N2O2S. The minimum atomic E-state index is -5.13. The third-order valence-electron chi connectivity index (χ3n) is 5.08. The van der Waals surface area contributed by atoms with Crippen molar-refractivity contribution in [3.63, 3.8) is 0 Å². The van der Waals surface area contributed by atoms with Crippen molar-refractivity contribution in [2.24, 2.45) is 0 Å². The summed E-state index contributed by atoms with van der Waals surface area (Å²) in [4.78, 5) is -1.09. The van der Waals surface area contributed by atoms with Crippen LogP contribution in [-0.2, 0) is 28.9 Å². The molecule has 188 valence electrons. The van der Waals surface area contributed by atoms with Crippen LogP contribution in [0.15, 0.2) is 77.7 Å². The second kappa shape index (κ2) is 10.8. The van der Waals surface area contributed by atoms with Crippen molar-refractivity contribution in [1.29, 1.82) is 0 Å². The maximum Gasteiger partial charge on any atom is 0.416 e. The van der Waals surface area contributed by atoms with Gasteiger partial charge in [-0.05, 0) is 47.9 Å². The molecule has 0 saturated carbocycles. The zero-order valence-electron chi connectivity index (χ0n) is 18.2. The van der Waals surface area contributed by atoms with E-state index in [1.165, 1.54) is 0 Å². The lowest BCUT2D eigenvalue weighted by atomic mass is 10.0. The number of nitrogens with one attached hydrogen (secondary N) is 2. The summed E-state index contributed by atoms with van der Waals surface area (Å²) in [6, 6.07) is 17.9. The molecule has 0 fully saturated rings. The van der Waals surface area contributed by atoms with E-state index in [1.54, 1.807) is 0 Å². The molecule has 0 heterocycles. The van der Waals surface area contributed by atoms with Crippen LogP contribution in [0.2, 0.25) is 0 Å². The number of alkyl halides is 6. The van der Waals surface area contributed by atoms with Crippen molar-refractivity contribution in [1.82, 2.24) is 10.0 Å². The number of benzene rings is 3. The highest BCUT2D eigenvalue weighted by molar-refractivity contribution is 7.89. The molecule has 0 saturated heterocycles. The fourth-order valence-electron chi connectivity index (χ4n) is 3.26. The van der Waals surface area contributed by atoms with Gasteiger partial charge in [0.1, 0.15) is 0 Å². The van der Waals surface area contributed by atoms with Crippen molar-refractivity contribution < 1.29 is 34.8 Å². The first-order chi connectivity index (χ1) is 16.4. The topological polar surface area (TPSA) is 58.2 Å². The lowest BCUT2D eigenvalue weighted by Gasteiger charge is -2.15. The van der Waals surface area contributed by atoms with E-state index in [0.717, 1.165) is 16.7 Å². The van der Waals surface area contributed by atoms with E-state index in [1.807, 2.05) is 54.6 Å². The maximum absolute atomic E-state index is 13.0. The van der Waals surface area contributed by atoms with Gasteiger partial charge >= 0.3 is 12.4 Å². The standard InChI is InChI=1S/C24H22F6N2O2S/c25-23(26,27)20-13-21(24(28,29)30)15-22(14-20)35(33,34)32-12-4-11-31-16-17-7-9-19(10-8-17)18-5-2-1-3-6-18/h1-3,5-10,13-15,31-32H,4,11-12,16H2. The largest absolute Gasteiger partial charge is 0.416 e. The van der Waals surface area contributed by atoms with Crippen LogP contribution < -0.4 is 10.0 Å². The van der Waals surface area contributed by atoms with E-state index in [0.29, 0.717) is 13.1 Å². The molecule has 0 aromatic heterocycles. The molecule has 0 amide bonds. The molecule has 3 aromatic rings. The van der Waals surface area contributed by atoms with E-state index >= 15 is 0 Å². The SMILES string of the molecule is O=S(=O)(NCCCNCc1ccc(-c2ccccc2)cc1)c1cc(C(F)(F)F)cc(C(F)(F)F)c1. The summed E-state index contributed by atoms with van der Waals surface area (Å²) < 4.78 is 105. The van der Waals surface area contributed by atoms with Crippen LogP contribution in [0, 0.1) is 0 Å². The molecule has 3 aromatic carbocycles. The molecule has 2 N–H and O–H groups in total. The Morgan fingerprint density at radius 3 is 1.77 bits per heavy atom. The van der Waals surface area contributed by atoms with Crippen LogP contribution in [0.3, 0.4) is 0 Å². The second-order valence-electron chi connectivity index (χ2n) is 7.73. The normalized spacial score (nSPS) is 12.6. The molecule has 0 radical (unpaired) electrons. The quantitative estimate of drug-likeness (QED) is 0.277. The first kappa shape index (κ1) is 26.7. The molecule has 35 heavy (non-hydrogen) atoms. The predicted molar refractivity (Wildman–Crippen MR) is 120 cm³/mol. The van der Waals surface area contributed by atoms with Gasteiger partial charge in [-0.25, -0.2) is 13.1 Å². The van der Waals surface area contributed by atoms with Gasteiger partial charge in [0.2, 0.25) is 10.0 Å². The van der Waals surface area contributed by atoms with Crippen molar-refractivity contribution >= 4 is 10.0 Å². The molecule has 0 unspecified atom stereocenters. The molecule has 3 rings (SSSR count). The van der Waals surface area contributed by atoms with Gasteiger partial charge in [0.05, 0.1) is 16.0 Å². The van der Waals surface area contributed by atoms with Gasteiger partial charge < -0.3 is 5.32 Å². The van der Waals surface area contributed by atoms with Crippen LogP contribution in [0.5, 0.6) is 0 Å². The Bertz CT molecular complexity index is 1190. The summed E-state index contributed by atoms with van der Waals surface area (Å²) >= 11 is 0. The lowest BCUT2D eigenvalue weighted by Crippen LogP contribution is -2.28. The first-order valence-electron chi connectivity index (χ1n) is 10.5. The van der Waals surface area contributed by atoms with Gasteiger partial charge in [-0.15, -0.1) is 0 Å². The molecule has 0 atom stereocenters. The van der Waals surface area contributed by atoms with Gasteiger partial charge in [0, 0.05) is 13.1 Å². The Morgan fingerprint density at radius 2 is 1.23 bits per heavy atom. The Kier molecular flexibility index (Phi) is 8.24. The molecule has 4 nitrogen and oxygen atoms in total. The van der Waals surface area contributed by atoms with Crippen molar-refractivity contribution in [3.05, 3.63) is 89.5 Å². The minimum absolute atomic E-state index is 0.116. The zero-order valence-corrected chi connectivity index (χ0v) is 19.1. The summed E-state index contributed by atoms with van der Waals surface area (Å²) in [7, 11) is -4.57. The van der Waals surface area contributed by atoms with Crippen LogP contribution >= 0.6 is 0 Å². The summed E-state index contributed by atoms with van der Waals surface area (Å²) in [5.41, 5.74) is -0.233. The molecule has 0 aliphatic heterocycles. The second-order valence-corrected chi connectivity index (χ2v) is 9.50. The minimum Gasteiger partial charge on any atom is -0.313 e. The highest BCUT2D eigenvalue weighted by Crippen LogP contribution is 2.37. The van der Waals surface area contributed by atoms with Gasteiger partial charge in [-0.1, -0.05) is 54.6 Å². The van der Waals surface area contributed by atoms with Crippen LogP contribution in [0.1, 0.15) is 23.1 Å². The Balaban J connectivity index is 1.52. The number of hydrogen-bond acceptors (Lipinski definition) is 3. The number of sulfonamides is 1. The van der Waals surface area contributed by atoms with E-state index in [4.69, 9.17) is 0 Å². The highest BCUT2D eigenvalue weighted by atomic mass is 32.2. The molecule has 0 aliphatic rings. The maximum atomic E-state index is 13.0. The van der Waals surface area contributed by atoms with Gasteiger partial charge in [0.25, 0.3) is 0 Å². The fraction of sp³-hybridized carbons (Fsp3) is 0.250. The van der Waals surface area contributed by atoms with Crippen molar-refractivity contribution in [3.8, 4) is 11.1 Å². The predicted octanol–water partition coefficient (Wildman–Crippen LogP) is 5.85. The smallest absolute Gasteiger partial charge is 0.313 e. The average Bonchev–Trinajstić information content (AvgIpc) is 2.81. The lowest BCUT2D eigenvalue weighted by molar-refractivity contribution is -0.143. The summed E-state index contributed by atoms with van der Waals surface area (Å²) in [5.74, 6) is 0. The van der Waals surface area contributed by atoms with Crippen molar-refractivity contribution in [2.45, 2.75) is 30.2 Å². The number of rotatable bonds is 9. The number of halogens is 6. The van der Waals surface area contributed by atoms with E-state index in [9.17, 15) is 34.8 Å². The van der Waals surface area contributed by atoms with E-state index < -0.39 is 38.4 Å². The summed E-state index contributed by atoms with van der Waals surface area (Å²) in [5, 5.41) is 3.11. The first-order valence-corrected chi connectivity index (χ1v) is 12.0. The summed E-state index contributed by atoms with van der Waals surface area (Å²) in [6.45, 7) is 0.712. The van der Waals surface area contributed by atoms with E-state index in [2.05, 4.69) is 10.0 Å². The van der Waals surface area contributed by atoms with Gasteiger partial charge in [-0.2, -0.15) is 26.3 Å². The number of hydrogen-bond donors (Lipinski definition) is 2. The Morgan fingerprint density at radius 1 is 0.686 bits per heavy atom. The van der Waals surface area contributed by atoms with Crippen LogP contribution in [-0.4, -0.2) is 21.5 Å². The molecular weight excluding hydrogens is 494 g/mol. The highest BCUT2D eigenvalue weighted by Gasteiger charge is 2.38. The van der Waals surface area contributed by atoms with Gasteiger partial charge in [0.15, 0.2) is 0 Å². The molecule has 0 bridgehead atoms. The monoisotopic (exact) mass is 516 g/mol. The zero-order chi connectivity index (χ0) is 25.7. The fourth-order valence-corrected chi connectivity index (χ4v) is 4.41. The Labute approximate surface area is 199 Å². The Hall–Kier alpha value is -2.89. The molecule has 0 spiro atoms. The van der Waals surface area contributed by atoms with Crippen LogP contribution in [0.25, 0.3) is 11.1 Å². The average molecular weight is 517 g/mol. The van der Waals surface area contributed by atoms with E-state index in [-0.39, 0.29) is 31.2 Å².